The van der Waals surface area contributed by atoms with Crippen molar-refractivity contribution in [1.29, 1.82) is 0 Å². The highest BCUT2D eigenvalue weighted by atomic mass is 32.2. The Kier molecular flexibility index (Phi) is 4.36. The lowest BCUT2D eigenvalue weighted by molar-refractivity contribution is -0.110. The molecule has 128 valence electrons. The average molecular weight is 351 g/mol. The fraction of sp³-hybridized carbons (Fsp3) is 0.300. The number of allylic oxidation sites excluding steroid dienone is 2. The van der Waals surface area contributed by atoms with Crippen LogP contribution in [0.4, 0.5) is 0 Å². The van der Waals surface area contributed by atoms with Crippen molar-refractivity contribution in [2.45, 2.75) is 10.4 Å². The molecule has 0 bridgehead atoms. The van der Waals surface area contributed by atoms with Crippen LogP contribution in [0, 0.1) is 0 Å². The van der Waals surface area contributed by atoms with Crippen LogP contribution < -0.4 is 0 Å². The van der Waals surface area contributed by atoms with Crippen molar-refractivity contribution in [3.63, 3.8) is 0 Å². The number of amidine groups is 1. The molecule has 3 aliphatic rings. The highest BCUT2D eigenvalue weighted by Gasteiger charge is 2.37. The predicted molar refractivity (Wildman–Crippen MR) is 103 cm³/mol. The summed E-state index contributed by atoms with van der Waals surface area (Å²) in [5.41, 5.74) is -0.535. The van der Waals surface area contributed by atoms with Crippen molar-refractivity contribution in [3.05, 3.63) is 65.6 Å². The maximum absolute atomic E-state index is 11.6. The van der Waals surface area contributed by atoms with Crippen LogP contribution in [0.15, 0.2) is 75.5 Å². The average Bonchev–Trinajstić information content (AvgIpc) is 2.97. The molecule has 25 heavy (non-hydrogen) atoms. The molecule has 2 aliphatic heterocycles. The third-order valence-corrected chi connectivity index (χ3v) is 5.93. The van der Waals surface area contributed by atoms with E-state index >= 15 is 0 Å². The monoisotopic (exact) mass is 351 g/mol. The molecule has 1 spiro atoms. The zero-order valence-corrected chi connectivity index (χ0v) is 15.1. The number of aliphatic imine (C=N–C) groups is 1. The lowest BCUT2D eigenvalue weighted by atomic mass is 9.95. The standard InChI is InChI=1S/C20H21N3OS/c1-22-11-13-23(14-12-22)19-15-18(25-17-5-3-2-4-6-17)20(21-19)9-7-16(24)8-10-20/h2-10,15H,11-14H2,1H3. The second-order valence-electron chi connectivity index (χ2n) is 6.58. The van der Waals surface area contributed by atoms with E-state index in [4.69, 9.17) is 4.99 Å². The number of benzene rings is 1. The molecule has 2 heterocycles. The Morgan fingerprint density at radius 3 is 2.40 bits per heavy atom. The van der Waals surface area contributed by atoms with Crippen molar-refractivity contribution in [1.82, 2.24) is 9.80 Å². The number of carbonyl (C=O) groups is 1. The zero-order chi connectivity index (χ0) is 17.3. The Balaban J connectivity index is 1.65. The van der Waals surface area contributed by atoms with Crippen molar-refractivity contribution in [2.75, 3.05) is 33.2 Å². The van der Waals surface area contributed by atoms with Crippen molar-refractivity contribution >= 4 is 23.4 Å². The van der Waals surface area contributed by atoms with Gasteiger partial charge in [0.25, 0.3) is 0 Å². The molecule has 1 aliphatic carbocycles. The summed E-state index contributed by atoms with van der Waals surface area (Å²) in [6.45, 7) is 4.06. The molecule has 0 N–H and O–H groups in total. The Hall–Kier alpha value is -2.11. The number of hydrogen-bond acceptors (Lipinski definition) is 5. The number of likely N-dealkylation sites (N-methyl/N-ethyl adjacent to an activating group) is 1. The van der Waals surface area contributed by atoms with Crippen LogP contribution in [-0.4, -0.2) is 60.2 Å². The van der Waals surface area contributed by atoms with E-state index in [9.17, 15) is 4.79 Å². The number of nitrogens with zero attached hydrogens (tertiary/aromatic N) is 3. The van der Waals surface area contributed by atoms with E-state index in [0.717, 1.165) is 36.9 Å². The minimum absolute atomic E-state index is 0.0259. The van der Waals surface area contributed by atoms with Gasteiger partial charge in [0.15, 0.2) is 5.78 Å². The van der Waals surface area contributed by atoms with Gasteiger partial charge in [-0.2, -0.15) is 0 Å². The molecule has 0 radical (unpaired) electrons. The van der Waals surface area contributed by atoms with Gasteiger partial charge in [-0.3, -0.25) is 4.79 Å². The van der Waals surface area contributed by atoms with Crippen LogP contribution >= 0.6 is 11.8 Å². The number of ketones is 1. The first-order valence-electron chi connectivity index (χ1n) is 8.55. The molecule has 5 heteroatoms. The molecule has 0 aromatic heterocycles. The van der Waals surface area contributed by atoms with E-state index in [1.165, 1.54) is 4.90 Å². The number of rotatable bonds is 2. The van der Waals surface area contributed by atoms with Gasteiger partial charge in [0.05, 0.1) is 0 Å². The summed E-state index contributed by atoms with van der Waals surface area (Å²) in [6, 6.07) is 10.3. The van der Waals surface area contributed by atoms with Crippen LogP contribution in [0.5, 0.6) is 0 Å². The van der Waals surface area contributed by atoms with Gasteiger partial charge in [-0.25, -0.2) is 4.99 Å². The minimum atomic E-state index is -0.535. The van der Waals surface area contributed by atoms with Crippen LogP contribution in [0.2, 0.25) is 0 Å². The first-order valence-corrected chi connectivity index (χ1v) is 9.37. The molecule has 1 aromatic rings. The minimum Gasteiger partial charge on any atom is -0.354 e. The lowest BCUT2D eigenvalue weighted by Crippen LogP contribution is -2.46. The first kappa shape index (κ1) is 16.4. The quantitative estimate of drug-likeness (QED) is 0.821. The highest BCUT2D eigenvalue weighted by molar-refractivity contribution is 8.03. The lowest BCUT2D eigenvalue weighted by Gasteiger charge is -2.33. The van der Waals surface area contributed by atoms with Gasteiger partial charge in [-0.15, -0.1) is 0 Å². The summed E-state index contributed by atoms with van der Waals surface area (Å²) in [5.74, 6) is 1.05. The largest absolute Gasteiger partial charge is 0.354 e. The van der Waals surface area contributed by atoms with Gasteiger partial charge in [-0.05, 0) is 49.6 Å². The zero-order valence-electron chi connectivity index (χ0n) is 14.3. The van der Waals surface area contributed by atoms with E-state index in [2.05, 4.69) is 35.1 Å². The van der Waals surface area contributed by atoms with Gasteiger partial charge in [-0.1, -0.05) is 30.0 Å². The fourth-order valence-electron chi connectivity index (χ4n) is 3.20. The molecule has 0 atom stereocenters. The Bertz CT molecular complexity index is 770. The van der Waals surface area contributed by atoms with Crippen LogP contribution in [0.25, 0.3) is 0 Å². The normalized spacial score (nSPS) is 22.4. The van der Waals surface area contributed by atoms with Crippen LogP contribution in [-0.2, 0) is 4.79 Å². The Morgan fingerprint density at radius 2 is 1.72 bits per heavy atom. The van der Waals surface area contributed by atoms with E-state index in [1.54, 1.807) is 23.9 Å². The van der Waals surface area contributed by atoms with Crippen LogP contribution in [0.3, 0.4) is 0 Å². The molecule has 0 amide bonds. The molecule has 0 saturated carbocycles. The summed E-state index contributed by atoms with van der Waals surface area (Å²) in [7, 11) is 2.15. The third kappa shape index (κ3) is 3.34. The van der Waals surface area contributed by atoms with Crippen LogP contribution in [0.1, 0.15) is 0 Å². The van der Waals surface area contributed by atoms with Gasteiger partial charge >= 0.3 is 0 Å². The summed E-state index contributed by atoms with van der Waals surface area (Å²) >= 11 is 1.72. The number of hydrogen-bond donors (Lipinski definition) is 0. The molecular weight excluding hydrogens is 330 g/mol. The first-order chi connectivity index (χ1) is 12.1. The molecule has 1 aromatic carbocycles. The topological polar surface area (TPSA) is 35.9 Å². The third-order valence-electron chi connectivity index (χ3n) is 4.76. The summed E-state index contributed by atoms with van der Waals surface area (Å²) in [5, 5.41) is 0. The number of piperazine rings is 1. The fourth-order valence-corrected chi connectivity index (χ4v) is 4.26. The molecule has 4 nitrogen and oxygen atoms in total. The molecule has 1 saturated heterocycles. The SMILES string of the molecule is CN1CCN(C2=NC3(C=CC(=O)C=C3)C(Sc3ccccc3)=C2)CC1. The Morgan fingerprint density at radius 1 is 1.04 bits per heavy atom. The number of thioether (sulfide) groups is 1. The maximum Gasteiger partial charge on any atom is 0.178 e. The summed E-state index contributed by atoms with van der Waals surface area (Å²) < 4.78 is 0. The van der Waals surface area contributed by atoms with Crippen molar-refractivity contribution < 1.29 is 4.79 Å². The predicted octanol–water partition coefficient (Wildman–Crippen LogP) is 2.76. The van der Waals surface area contributed by atoms with Gasteiger partial charge < -0.3 is 9.80 Å². The smallest absolute Gasteiger partial charge is 0.178 e. The molecular formula is C20H21N3OS. The second-order valence-corrected chi connectivity index (χ2v) is 7.69. The van der Waals surface area contributed by atoms with Gasteiger partial charge in [0.2, 0.25) is 0 Å². The van der Waals surface area contributed by atoms with E-state index < -0.39 is 5.54 Å². The van der Waals surface area contributed by atoms with E-state index in [-0.39, 0.29) is 5.78 Å². The maximum atomic E-state index is 11.6. The summed E-state index contributed by atoms with van der Waals surface area (Å²) in [6.07, 6.45) is 9.32. The molecule has 0 unspecified atom stereocenters. The van der Waals surface area contributed by atoms with Gasteiger partial charge in [0.1, 0.15) is 11.4 Å². The highest BCUT2D eigenvalue weighted by Crippen LogP contribution is 2.43. The van der Waals surface area contributed by atoms with E-state index in [1.807, 2.05) is 30.4 Å². The Labute approximate surface area is 152 Å². The van der Waals surface area contributed by atoms with Gasteiger partial charge in [0, 0.05) is 36.0 Å². The second kappa shape index (κ2) is 6.65. The molecule has 4 rings (SSSR count). The van der Waals surface area contributed by atoms with Crippen molar-refractivity contribution in [2.24, 2.45) is 4.99 Å². The number of carbonyl (C=O) groups excluding carboxylic acids is 1. The van der Waals surface area contributed by atoms with E-state index in [0.29, 0.717) is 0 Å². The van der Waals surface area contributed by atoms with Crippen molar-refractivity contribution in [3.8, 4) is 0 Å². The summed E-state index contributed by atoms with van der Waals surface area (Å²) in [4.78, 5) is 23.7. The molecule has 1 fully saturated rings.